The summed E-state index contributed by atoms with van der Waals surface area (Å²) in [7, 11) is -4.07. The molecule has 172 valence electrons. The molecule has 0 radical (unpaired) electrons. The van der Waals surface area contributed by atoms with E-state index >= 15 is 0 Å². The van der Waals surface area contributed by atoms with E-state index in [1.165, 1.54) is 62.8 Å². The zero-order valence-electron chi connectivity index (χ0n) is 18.8. The molecule has 0 amide bonds. The zero-order valence-corrected chi connectivity index (χ0v) is 19.6. The van der Waals surface area contributed by atoms with Crippen LogP contribution in [0.3, 0.4) is 0 Å². The molecule has 7 heteroatoms. The third-order valence-corrected chi connectivity index (χ3v) is 9.25. The minimum absolute atomic E-state index is 0.00812. The molecule has 4 rings (SSSR count). The summed E-state index contributed by atoms with van der Waals surface area (Å²) in [5.74, 6) is 0.448. The Morgan fingerprint density at radius 1 is 1.00 bits per heavy atom. The van der Waals surface area contributed by atoms with E-state index in [2.05, 4.69) is 11.7 Å². The van der Waals surface area contributed by atoms with Gasteiger partial charge < -0.3 is 5.53 Å². The summed E-state index contributed by atoms with van der Waals surface area (Å²) >= 11 is 0. The number of hydrogen-bond acceptors (Lipinski definition) is 4. The molecule has 0 saturated heterocycles. The number of benzene rings is 1. The highest BCUT2D eigenvalue weighted by atomic mass is 32.2. The maximum Gasteiger partial charge on any atom is 0.362 e. The Balaban J connectivity index is 1.62. The van der Waals surface area contributed by atoms with E-state index in [0.29, 0.717) is 17.4 Å². The number of allylic oxidation sites excluding steroid dienone is 1. The highest BCUT2D eigenvalue weighted by molar-refractivity contribution is 7.86. The van der Waals surface area contributed by atoms with E-state index in [9.17, 15) is 13.2 Å². The number of rotatable bonds is 6. The van der Waals surface area contributed by atoms with Crippen LogP contribution in [0.4, 0.5) is 0 Å². The number of carbonyl (C=O) groups is 1. The highest BCUT2D eigenvalue weighted by Crippen LogP contribution is 2.49. The normalized spacial score (nSPS) is 20.8. The minimum Gasteiger partial charge on any atom is -0.361 e. The third-order valence-electron chi connectivity index (χ3n) is 7.93. The molecule has 0 heterocycles. The first-order valence-electron chi connectivity index (χ1n) is 11.8. The van der Waals surface area contributed by atoms with Gasteiger partial charge in [0.05, 0.1) is 6.61 Å². The Morgan fingerprint density at radius 3 is 2.16 bits per heavy atom. The molecular weight excluding hydrogens is 424 g/mol. The van der Waals surface area contributed by atoms with Crippen molar-refractivity contribution in [3.8, 4) is 0 Å². The number of carbonyl (C=O) groups excluding carboxylic acids is 1. The molecule has 32 heavy (non-hydrogen) atoms. The fourth-order valence-corrected chi connectivity index (χ4v) is 7.18. The first kappa shape index (κ1) is 23.1. The Kier molecular flexibility index (Phi) is 6.80. The summed E-state index contributed by atoms with van der Waals surface area (Å²) in [4.78, 5) is 15.5. The Hall–Kier alpha value is -2.08. The van der Waals surface area contributed by atoms with E-state index in [1.807, 2.05) is 0 Å². The first-order valence-corrected chi connectivity index (χ1v) is 13.2. The monoisotopic (exact) mass is 456 g/mol. The van der Waals surface area contributed by atoms with E-state index in [0.717, 1.165) is 25.7 Å². The molecule has 3 aliphatic carbocycles. The van der Waals surface area contributed by atoms with Crippen molar-refractivity contribution in [1.29, 1.82) is 0 Å². The predicted molar refractivity (Wildman–Crippen MR) is 123 cm³/mol. The lowest BCUT2D eigenvalue weighted by atomic mass is 9.60. The van der Waals surface area contributed by atoms with Crippen molar-refractivity contribution in [3.63, 3.8) is 0 Å². The van der Waals surface area contributed by atoms with Gasteiger partial charge in [0, 0.05) is 17.2 Å². The van der Waals surface area contributed by atoms with E-state index < -0.39 is 15.9 Å². The summed E-state index contributed by atoms with van der Waals surface area (Å²) in [6.07, 6.45) is 14.7. The van der Waals surface area contributed by atoms with Gasteiger partial charge in [-0.1, -0.05) is 57.6 Å². The van der Waals surface area contributed by atoms with Gasteiger partial charge in [-0.2, -0.15) is 13.2 Å². The van der Waals surface area contributed by atoms with Gasteiger partial charge in [-0.25, -0.2) is 0 Å². The number of fused-ring (bicyclic) bond motifs is 1. The van der Waals surface area contributed by atoms with Crippen LogP contribution in [0.25, 0.3) is 11.6 Å². The molecule has 0 bridgehead atoms. The van der Waals surface area contributed by atoms with Crippen LogP contribution in [0, 0.1) is 17.3 Å². The highest BCUT2D eigenvalue weighted by Gasteiger charge is 2.43. The fraction of sp³-hybridized carbons (Fsp3) is 0.600. The number of Topliss-reactive ketones (excluding diaryl/α,β-unsaturated/α-hetero) is 1. The van der Waals surface area contributed by atoms with Gasteiger partial charge in [0.2, 0.25) is 0 Å². The molecule has 2 fully saturated rings. The molecule has 6 nitrogen and oxygen atoms in total. The predicted octanol–water partition coefficient (Wildman–Crippen LogP) is 5.44. The second-order valence-corrected chi connectivity index (χ2v) is 11.3. The maximum atomic E-state index is 13.3. The molecule has 2 saturated carbocycles. The summed E-state index contributed by atoms with van der Waals surface area (Å²) in [6, 6.07) is 4.55. The van der Waals surface area contributed by atoms with Crippen LogP contribution in [0.2, 0.25) is 0 Å². The first-order chi connectivity index (χ1) is 15.4. The second-order valence-electron chi connectivity index (χ2n) is 9.76. The van der Waals surface area contributed by atoms with Crippen molar-refractivity contribution in [2.24, 2.45) is 17.3 Å². The van der Waals surface area contributed by atoms with Gasteiger partial charge in [0.1, 0.15) is 4.90 Å². The lowest BCUT2D eigenvalue weighted by Gasteiger charge is -2.46. The van der Waals surface area contributed by atoms with Gasteiger partial charge in [0.15, 0.2) is 0 Å². The van der Waals surface area contributed by atoms with Crippen LogP contribution in [-0.2, 0) is 14.3 Å². The maximum absolute atomic E-state index is 13.3. The van der Waals surface area contributed by atoms with Crippen LogP contribution >= 0.6 is 0 Å². The number of nitrogens with zero attached hydrogens (tertiary/aromatic N) is 2. The topological polar surface area (TPSA) is 96.8 Å². The van der Waals surface area contributed by atoms with Gasteiger partial charge in [-0.3, -0.25) is 8.98 Å². The lowest BCUT2D eigenvalue weighted by molar-refractivity contribution is -0.00438. The van der Waals surface area contributed by atoms with E-state index in [4.69, 9.17) is 9.71 Å². The van der Waals surface area contributed by atoms with Crippen molar-refractivity contribution in [2.75, 3.05) is 6.61 Å². The van der Waals surface area contributed by atoms with Gasteiger partial charge in [-0.15, -0.1) is 0 Å². The molecule has 1 aromatic carbocycles. The Morgan fingerprint density at radius 2 is 1.59 bits per heavy atom. The van der Waals surface area contributed by atoms with E-state index in [-0.39, 0.29) is 28.2 Å². The summed E-state index contributed by atoms with van der Waals surface area (Å²) in [5, 5.41) is 0. The fourth-order valence-electron chi connectivity index (χ4n) is 5.95. The molecule has 1 aromatic rings. The third kappa shape index (κ3) is 4.39. The van der Waals surface area contributed by atoms with Crippen molar-refractivity contribution in [2.45, 2.75) is 76.0 Å². The van der Waals surface area contributed by atoms with Crippen molar-refractivity contribution >= 4 is 27.7 Å². The van der Waals surface area contributed by atoms with Crippen LogP contribution in [0.5, 0.6) is 0 Å². The SMILES string of the molecule is CC(COS(=O)(=O)c1cccc2c1C=CC(=[N+]=[N-])C2=O)(C1CCCCC1)C1CCCCC1. The molecule has 0 spiro atoms. The molecule has 0 aromatic heterocycles. The summed E-state index contributed by atoms with van der Waals surface area (Å²) in [6.45, 7) is 2.41. The zero-order chi connectivity index (χ0) is 22.8. The summed E-state index contributed by atoms with van der Waals surface area (Å²) in [5.41, 5.74) is 9.21. The quantitative estimate of drug-likeness (QED) is 0.323. The Bertz CT molecular complexity index is 1040. The molecule has 3 aliphatic rings. The number of ketones is 1. The molecule has 0 unspecified atom stereocenters. The van der Waals surface area contributed by atoms with E-state index in [1.54, 1.807) is 6.07 Å². The average molecular weight is 457 g/mol. The largest absolute Gasteiger partial charge is 0.362 e. The van der Waals surface area contributed by atoms with Gasteiger partial charge in [0.25, 0.3) is 15.9 Å². The second kappa shape index (κ2) is 9.42. The van der Waals surface area contributed by atoms with Crippen LogP contribution < -0.4 is 0 Å². The Labute approximate surface area is 190 Å². The molecule has 0 aliphatic heterocycles. The molecule has 0 atom stereocenters. The van der Waals surface area contributed by atoms with Gasteiger partial charge >= 0.3 is 5.71 Å². The van der Waals surface area contributed by atoms with Crippen molar-refractivity contribution in [1.82, 2.24) is 0 Å². The number of hydrogen-bond donors (Lipinski definition) is 0. The van der Waals surface area contributed by atoms with Crippen molar-refractivity contribution < 1.29 is 22.2 Å². The van der Waals surface area contributed by atoms with Crippen LogP contribution in [0.15, 0.2) is 29.2 Å². The summed E-state index contributed by atoms with van der Waals surface area (Å²) < 4.78 is 32.4. The van der Waals surface area contributed by atoms with Crippen LogP contribution in [-0.4, -0.2) is 31.3 Å². The van der Waals surface area contributed by atoms with Crippen molar-refractivity contribution in [3.05, 3.63) is 40.9 Å². The standard InChI is InChI=1S/C25H32N2O4S/c1-25(18-9-4-2-5-10-18,19-11-6-3-7-12-19)17-31-32(29,30)23-14-8-13-21-20(23)15-16-22(27-26)24(21)28/h8,13-16,18-19H,2-7,9-12,17H2,1H3. The van der Waals surface area contributed by atoms with Gasteiger partial charge in [-0.05, 0) is 55.1 Å². The van der Waals surface area contributed by atoms with Crippen LogP contribution in [0.1, 0.15) is 87.1 Å². The average Bonchev–Trinajstić information content (AvgIpc) is 2.84. The smallest absolute Gasteiger partial charge is 0.361 e. The molecular formula is C25H32N2O4S. The molecule has 0 N–H and O–H groups in total. The lowest BCUT2D eigenvalue weighted by Crippen LogP contribution is -2.42. The minimum atomic E-state index is -4.07.